The van der Waals surface area contributed by atoms with Gasteiger partial charge >= 0.3 is 0 Å². The lowest BCUT2D eigenvalue weighted by Gasteiger charge is -2.44. The summed E-state index contributed by atoms with van der Waals surface area (Å²) < 4.78 is 10.7. The average molecular weight is 219 g/mol. The van der Waals surface area contributed by atoms with Crippen LogP contribution in [0.2, 0.25) is 0 Å². The van der Waals surface area contributed by atoms with Crippen LogP contribution in [0.1, 0.15) is 13.8 Å². The average Bonchev–Trinajstić information content (AvgIpc) is 2.18. The number of aliphatic hydroxyl groups excluding tert-OH is 2. The molecule has 1 saturated heterocycles. The molecule has 1 heterocycles. The number of methoxy groups -OCH3 is 1. The maximum Gasteiger partial charge on any atom is 0.110 e. The summed E-state index contributed by atoms with van der Waals surface area (Å²) in [6, 6.07) is -0.368. The van der Waals surface area contributed by atoms with Crippen molar-refractivity contribution in [1.29, 1.82) is 0 Å². The summed E-state index contributed by atoms with van der Waals surface area (Å²) in [6.07, 6.45) is -2.16. The second-order valence-electron chi connectivity index (χ2n) is 4.33. The SMILES string of the molecule is COC1C(N)C(C(C)C)OC(CO)C1O. The molecule has 1 fully saturated rings. The van der Waals surface area contributed by atoms with Crippen molar-refractivity contribution in [1.82, 2.24) is 0 Å². The van der Waals surface area contributed by atoms with Gasteiger partial charge in [-0.05, 0) is 5.92 Å². The molecule has 90 valence electrons. The summed E-state index contributed by atoms with van der Waals surface area (Å²) in [7, 11) is 1.50. The van der Waals surface area contributed by atoms with Crippen molar-refractivity contribution < 1.29 is 19.7 Å². The van der Waals surface area contributed by atoms with E-state index in [9.17, 15) is 5.11 Å². The van der Waals surface area contributed by atoms with Gasteiger partial charge in [0.1, 0.15) is 18.3 Å². The van der Waals surface area contributed by atoms with Gasteiger partial charge in [0.25, 0.3) is 0 Å². The van der Waals surface area contributed by atoms with E-state index in [4.69, 9.17) is 20.3 Å². The third-order valence-electron chi connectivity index (χ3n) is 2.92. The fourth-order valence-electron chi connectivity index (χ4n) is 2.05. The first-order valence-electron chi connectivity index (χ1n) is 5.25. The molecule has 5 heteroatoms. The van der Waals surface area contributed by atoms with Crippen molar-refractivity contribution in [3.05, 3.63) is 0 Å². The number of hydrogen-bond donors (Lipinski definition) is 3. The summed E-state index contributed by atoms with van der Waals surface area (Å²) in [4.78, 5) is 0. The Morgan fingerprint density at radius 2 is 2.07 bits per heavy atom. The normalized spacial score (nSPS) is 42.2. The second kappa shape index (κ2) is 5.23. The van der Waals surface area contributed by atoms with Gasteiger partial charge in [-0.3, -0.25) is 0 Å². The maximum absolute atomic E-state index is 9.81. The number of nitrogens with two attached hydrogens (primary N) is 1. The molecule has 1 aliphatic rings. The first kappa shape index (κ1) is 12.9. The quantitative estimate of drug-likeness (QED) is 0.573. The highest BCUT2D eigenvalue weighted by Crippen LogP contribution is 2.25. The van der Waals surface area contributed by atoms with Gasteiger partial charge in [-0.15, -0.1) is 0 Å². The second-order valence-corrected chi connectivity index (χ2v) is 4.33. The highest BCUT2D eigenvalue weighted by Gasteiger charge is 2.44. The van der Waals surface area contributed by atoms with Crippen molar-refractivity contribution in [3.63, 3.8) is 0 Å². The van der Waals surface area contributed by atoms with Gasteiger partial charge in [-0.2, -0.15) is 0 Å². The molecule has 0 aromatic rings. The molecular formula is C10H21NO4. The highest BCUT2D eigenvalue weighted by atomic mass is 16.5. The van der Waals surface area contributed by atoms with E-state index >= 15 is 0 Å². The highest BCUT2D eigenvalue weighted by molar-refractivity contribution is 4.96. The Bertz CT molecular complexity index is 198. The molecular weight excluding hydrogens is 198 g/mol. The predicted molar refractivity (Wildman–Crippen MR) is 55.4 cm³/mol. The molecule has 0 aromatic carbocycles. The van der Waals surface area contributed by atoms with Gasteiger partial charge < -0.3 is 25.4 Å². The zero-order valence-electron chi connectivity index (χ0n) is 9.46. The molecule has 0 amide bonds. The van der Waals surface area contributed by atoms with Gasteiger partial charge in [0.05, 0.1) is 18.8 Å². The molecule has 0 bridgehead atoms. The minimum atomic E-state index is -0.870. The molecule has 5 atom stereocenters. The first-order valence-corrected chi connectivity index (χ1v) is 5.25. The van der Waals surface area contributed by atoms with Crippen molar-refractivity contribution >= 4 is 0 Å². The zero-order valence-corrected chi connectivity index (χ0v) is 9.46. The Labute approximate surface area is 90.2 Å². The van der Waals surface area contributed by atoms with E-state index in [-0.39, 0.29) is 24.7 Å². The van der Waals surface area contributed by atoms with E-state index in [1.807, 2.05) is 13.8 Å². The lowest BCUT2D eigenvalue weighted by molar-refractivity contribution is -0.205. The van der Waals surface area contributed by atoms with Crippen LogP contribution in [-0.2, 0) is 9.47 Å². The van der Waals surface area contributed by atoms with Crippen LogP contribution in [0, 0.1) is 5.92 Å². The van der Waals surface area contributed by atoms with Gasteiger partial charge in [0.2, 0.25) is 0 Å². The summed E-state index contributed by atoms with van der Waals surface area (Å²) in [5.41, 5.74) is 5.95. The molecule has 15 heavy (non-hydrogen) atoms. The van der Waals surface area contributed by atoms with Crippen LogP contribution in [0.25, 0.3) is 0 Å². The molecule has 1 rings (SSSR count). The largest absolute Gasteiger partial charge is 0.394 e. The number of hydrogen-bond acceptors (Lipinski definition) is 5. The van der Waals surface area contributed by atoms with Crippen LogP contribution in [0.3, 0.4) is 0 Å². The molecule has 5 nitrogen and oxygen atoms in total. The summed E-state index contributed by atoms with van der Waals surface area (Å²) in [6.45, 7) is 3.75. The van der Waals surface area contributed by atoms with Gasteiger partial charge in [-0.1, -0.05) is 13.8 Å². The summed E-state index contributed by atoms with van der Waals surface area (Å²) >= 11 is 0. The molecule has 0 spiro atoms. The third-order valence-corrected chi connectivity index (χ3v) is 2.92. The number of ether oxygens (including phenoxy) is 2. The molecule has 0 aliphatic carbocycles. The predicted octanol–water partition coefficient (Wildman–Crippen LogP) is -0.895. The minimum Gasteiger partial charge on any atom is -0.394 e. The molecule has 4 N–H and O–H groups in total. The first-order chi connectivity index (χ1) is 7.02. The number of rotatable bonds is 3. The molecule has 0 aromatic heterocycles. The van der Waals surface area contributed by atoms with Crippen LogP contribution >= 0.6 is 0 Å². The molecule has 5 unspecified atom stereocenters. The van der Waals surface area contributed by atoms with Crippen LogP contribution in [0.15, 0.2) is 0 Å². The van der Waals surface area contributed by atoms with E-state index in [0.29, 0.717) is 0 Å². The Balaban J connectivity index is 2.79. The zero-order chi connectivity index (χ0) is 11.6. The molecule has 0 saturated carbocycles. The third kappa shape index (κ3) is 2.49. The summed E-state index contributed by atoms with van der Waals surface area (Å²) in [5.74, 6) is 0.221. The minimum absolute atomic E-state index is 0.199. The van der Waals surface area contributed by atoms with Gasteiger partial charge in [0, 0.05) is 7.11 Å². The van der Waals surface area contributed by atoms with Crippen LogP contribution in [0.5, 0.6) is 0 Å². The monoisotopic (exact) mass is 219 g/mol. The van der Waals surface area contributed by atoms with Gasteiger partial charge in [-0.25, -0.2) is 0 Å². The van der Waals surface area contributed by atoms with Crippen molar-refractivity contribution in [3.8, 4) is 0 Å². The van der Waals surface area contributed by atoms with E-state index in [2.05, 4.69) is 0 Å². The smallest absolute Gasteiger partial charge is 0.110 e. The fourth-order valence-corrected chi connectivity index (χ4v) is 2.05. The molecule has 1 aliphatic heterocycles. The Kier molecular flexibility index (Phi) is 4.48. The standard InChI is InChI=1S/C10H21NO4/c1-5(2)9-7(11)10(14-3)8(13)6(4-12)15-9/h5-10,12-13H,4,11H2,1-3H3. The summed E-state index contributed by atoms with van der Waals surface area (Å²) in [5, 5.41) is 18.9. The molecule has 0 radical (unpaired) electrons. The topological polar surface area (TPSA) is 84.9 Å². The van der Waals surface area contributed by atoms with E-state index < -0.39 is 18.3 Å². The lowest BCUT2D eigenvalue weighted by atomic mass is 9.88. The Morgan fingerprint density at radius 3 is 2.47 bits per heavy atom. The van der Waals surface area contributed by atoms with Crippen LogP contribution in [-0.4, -0.2) is 54.4 Å². The van der Waals surface area contributed by atoms with E-state index in [1.54, 1.807) is 0 Å². The van der Waals surface area contributed by atoms with Crippen LogP contribution in [0.4, 0.5) is 0 Å². The maximum atomic E-state index is 9.81. The number of aliphatic hydroxyl groups is 2. The van der Waals surface area contributed by atoms with Gasteiger partial charge in [0.15, 0.2) is 0 Å². The van der Waals surface area contributed by atoms with E-state index in [0.717, 1.165) is 0 Å². The van der Waals surface area contributed by atoms with Crippen molar-refractivity contribution in [2.24, 2.45) is 11.7 Å². The van der Waals surface area contributed by atoms with Crippen molar-refractivity contribution in [2.45, 2.75) is 44.3 Å². The van der Waals surface area contributed by atoms with E-state index in [1.165, 1.54) is 7.11 Å². The van der Waals surface area contributed by atoms with Crippen LogP contribution < -0.4 is 5.73 Å². The fraction of sp³-hybridized carbons (Fsp3) is 1.00. The Hall–Kier alpha value is -0.200. The lowest BCUT2D eigenvalue weighted by Crippen LogP contribution is -2.63. The van der Waals surface area contributed by atoms with Crippen molar-refractivity contribution in [2.75, 3.05) is 13.7 Å². The Morgan fingerprint density at radius 1 is 1.47 bits per heavy atom.